The predicted octanol–water partition coefficient (Wildman–Crippen LogP) is 0.570. The largest absolute Gasteiger partial charge is 0.481 e. The molecule has 4 nitrogen and oxygen atoms in total. The van der Waals surface area contributed by atoms with E-state index in [1.165, 1.54) is 0 Å². The fourth-order valence-electron chi connectivity index (χ4n) is 1.73. The Morgan fingerprint density at radius 3 is 2.92 bits per heavy atom. The Kier molecular flexibility index (Phi) is 3.69. The molecule has 0 saturated carbocycles. The van der Waals surface area contributed by atoms with Gasteiger partial charge in [-0.2, -0.15) is 0 Å². The zero-order chi connectivity index (χ0) is 9.84. The van der Waals surface area contributed by atoms with Crippen molar-refractivity contribution in [2.45, 2.75) is 31.9 Å². The van der Waals surface area contributed by atoms with Gasteiger partial charge in [0.2, 0.25) is 0 Å². The third-order valence-electron chi connectivity index (χ3n) is 2.60. The Morgan fingerprint density at radius 2 is 2.46 bits per heavy atom. The first-order valence-corrected chi connectivity index (χ1v) is 4.62. The minimum absolute atomic E-state index is 0.123. The third-order valence-corrected chi connectivity index (χ3v) is 2.60. The molecule has 4 heteroatoms. The highest BCUT2D eigenvalue weighted by atomic mass is 16.5. The molecule has 0 aliphatic carbocycles. The monoisotopic (exact) mass is 187 g/mol. The molecule has 0 amide bonds. The van der Waals surface area contributed by atoms with Crippen LogP contribution in [0.15, 0.2) is 0 Å². The van der Waals surface area contributed by atoms with E-state index in [4.69, 9.17) is 9.84 Å². The molecule has 1 fully saturated rings. The van der Waals surface area contributed by atoms with Crippen molar-refractivity contribution >= 4 is 5.97 Å². The van der Waals surface area contributed by atoms with Crippen LogP contribution in [0.4, 0.5) is 0 Å². The van der Waals surface area contributed by atoms with Gasteiger partial charge < -0.3 is 9.84 Å². The van der Waals surface area contributed by atoms with Crippen molar-refractivity contribution < 1.29 is 14.6 Å². The quantitative estimate of drug-likeness (QED) is 0.699. The minimum Gasteiger partial charge on any atom is -0.481 e. The van der Waals surface area contributed by atoms with Gasteiger partial charge in [-0.1, -0.05) is 0 Å². The summed E-state index contributed by atoms with van der Waals surface area (Å²) in [6.07, 6.45) is 1.52. The van der Waals surface area contributed by atoms with Gasteiger partial charge in [0, 0.05) is 26.2 Å². The van der Waals surface area contributed by atoms with E-state index in [1.54, 1.807) is 7.11 Å². The van der Waals surface area contributed by atoms with Gasteiger partial charge in [0.05, 0.1) is 12.5 Å². The number of carboxylic acid groups (broad SMARTS) is 1. The SMILES string of the molecule is COC1CCN(C(C)CC(=O)O)C1. The zero-order valence-corrected chi connectivity index (χ0v) is 8.19. The molecule has 1 N–H and O–H groups in total. The Balaban J connectivity index is 2.32. The van der Waals surface area contributed by atoms with Crippen LogP contribution in [0.1, 0.15) is 19.8 Å². The molecule has 1 heterocycles. The minimum atomic E-state index is -0.728. The second-order valence-electron chi connectivity index (χ2n) is 3.59. The van der Waals surface area contributed by atoms with Crippen molar-refractivity contribution in [2.24, 2.45) is 0 Å². The molecule has 0 bridgehead atoms. The van der Waals surface area contributed by atoms with Gasteiger partial charge in [0.25, 0.3) is 0 Å². The Labute approximate surface area is 78.5 Å². The fraction of sp³-hybridized carbons (Fsp3) is 0.889. The highest BCUT2D eigenvalue weighted by Gasteiger charge is 2.26. The number of carboxylic acids is 1. The lowest BCUT2D eigenvalue weighted by atomic mass is 10.2. The third kappa shape index (κ3) is 2.97. The van der Waals surface area contributed by atoms with E-state index in [9.17, 15) is 4.79 Å². The highest BCUT2D eigenvalue weighted by molar-refractivity contribution is 5.67. The Morgan fingerprint density at radius 1 is 1.77 bits per heavy atom. The molecule has 1 rings (SSSR count). The molecule has 2 atom stereocenters. The molecule has 1 aliphatic rings. The number of hydrogen-bond donors (Lipinski definition) is 1. The van der Waals surface area contributed by atoms with E-state index < -0.39 is 5.97 Å². The van der Waals surface area contributed by atoms with Crippen LogP contribution >= 0.6 is 0 Å². The molecule has 0 spiro atoms. The molecule has 13 heavy (non-hydrogen) atoms. The molecule has 0 aromatic rings. The molecule has 2 unspecified atom stereocenters. The second kappa shape index (κ2) is 4.58. The maximum Gasteiger partial charge on any atom is 0.304 e. The van der Waals surface area contributed by atoms with Gasteiger partial charge in [0.1, 0.15) is 0 Å². The molecule has 0 radical (unpaired) electrons. The average Bonchev–Trinajstić information content (AvgIpc) is 2.50. The van der Waals surface area contributed by atoms with Crippen LogP contribution in [-0.2, 0) is 9.53 Å². The highest BCUT2D eigenvalue weighted by Crippen LogP contribution is 2.16. The first kappa shape index (κ1) is 10.5. The summed E-state index contributed by atoms with van der Waals surface area (Å²) in [5, 5.41) is 8.61. The lowest BCUT2D eigenvalue weighted by Gasteiger charge is -2.22. The van der Waals surface area contributed by atoms with Gasteiger partial charge in [-0.3, -0.25) is 9.69 Å². The summed E-state index contributed by atoms with van der Waals surface area (Å²) in [5.41, 5.74) is 0. The molecule has 76 valence electrons. The number of ether oxygens (including phenoxy) is 1. The number of carbonyl (C=O) groups is 1. The Bertz CT molecular complexity index is 184. The summed E-state index contributed by atoms with van der Waals surface area (Å²) in [4.78, 5) is 12.6. The number of aliphatic carboxylic acids is 1. The number of rotatable bonds is 4. The number of methoxy groups -OCH3 is 1. The fourth-order valence-corrected chi connectivity index (χ4v) is 1.73. The molecular weight excluding hydrogens is 170 g/mol. The van der Waals surface area contributed by atoms with Crippen LogP contribution in [0, 0.1) is 0 Å². The van der Waals surface area contributed by atoms with Crippen molar-refractivity contribution in [3.05, 3.63) is 0 Å². The normalized spacial score (nSPS) is 26.2. The zero-order valence-electron chi connectivity index (χ0n) is 8.19. The van der Waals surface area contributed by atoms with Crippen molar-refractivity contribution in [2.75, 3.05) is 20.2 Å². The van der Waals surface area contributed by atoms with Crippen LogP contribution in [0.25, 0.3) is 0 Å². The maximum atomic E-state index is 10.5. The van der Waals surface area contributed by atoms with Gasteiger partial charge in [-0.25, -0.2) is 0 Å². The number of hydrogen-bond acceptors (Lipinski definition) is 3. The topological polar surface area (TPSA) is 49.8 Å². The van der Waals surface area contributed by atoms with Gasteiger partial charge in [-0.15, -0.1) is 0 Å². The van der Waals surface area contributed by atoms with Crippen LogP contribution in [-0.4, -0.2) is 48.3 Å². The molecule has 0 aromatic carbocycles. The standard InChI is InChI=1S/C9H17NO3/c1-7(5-9(11)12)10-4-3-8(6-10)13-2/h7-8H,3-6H2,1-2H3,(H,11,12). The van der Waals surface area contributed by atoms with Crippen LogP contribution in [0.2, 0.25) is 0 Å². The van der Waals surface area contributed by atoms with Crippen LogP contribution in [0.3, 0.4) is 0 Å². The van der Waals surface area contributed by atoms with E-state index in [2.05, 4.69) is 4.90 Å². The van der Waals surface area contributed by atoms with Crippen molar-refractivity contribution in [1.82, 2.24) is 4.90 Å². The smallest absolute Gasteiger partial charge is 0.304 e. The van der Waals surface area contributed by atoms with E-state index in [-0.39, 0.29) is 18.6 Å². The summed E-state index contributed by atoms with van der Waals surface area (Å²) in [7, 11) is 1.70. The van der Waals surface area contributed by atoms with Crippen molar-refractivity contribution in [3.63, 3.8) is 0 Å². The van der Waals surface area contributed by atoms with Crippen molar-refractivity contribution in [1.29, 1.82) is 0 Å². The summed E-state index contributed by atoms with van der Waals surface area (Å²) in [5.74, 6) is -0.728. The first-order chi connectivity index (χ1) is 6.13. The first-order valence-electron chi connectivity index (χ1n) is 4.62. The summed E-state index contributed by atoms with van der Waals surface area (Å²) in [6.45, 7) is 3.77. The molecule has 0 aromatic heterocycles. The summed E-state index contributed by atoms with van der Waals surface area (Å²) in [6, 6.07) is 0.123. The average molecular weight is 187 g/mol. The summed E-state index contributed by atoms with van der Waals surface area (Å²) >= 11 is 0. The molecular formula is C9H17NO3. The van der Waals surface area contributed by atoms with Gasteiger partial charge in [-0.05, 0) is 13.3 Å². The number of nitrogens with zero attached hydrogens (tertiary/aromatic N) is 1. The van der Waals surface area contributed by atoms with E-state index >= 15 is 0 Å². The van der Waals surface area contributed by atoms with E-state index in [0.29, 0.717) is 0 Å². The van der Waals surface area contributed by atoms with Gasteiger partial charge >= 0.3 is 5.97 Å². The predicted molar refractivity (Wildman–Crippen MR) is 48.7 cm³/mol. The maximum absolute atomic E-state index is 10.5. The Hall–Kier alpha value is -0.610. The van der Waals surface area contributed by atoms with Crippen molar-refractivity contribution in [3.8, 4) is 0 Å². The molecule has 1 saturated heterocycles. The van der Waals surface area contributed by atoms with Crippen LogP contribution < -0.4 is 0 Å². The molecule has 1 aliphatic heterocycles. The van der Waals surface area contributed by atoms with Crippen LogP contribution in [0.5, 0.6) is 0 Å². The van der Waals surface area contributed by atoms with E-state index in [1.807, 2.05) is 6.92 Å². The number of likely N-dealkylation sites (tertiary alicyclic amines) is 1. The van der Waals surface area contributed by atoms with E-state index in [0.717, 1.165) is 19.5 Å². The lowest BCUT2D eigenvalue weighted by Crippen LogP contribution is -2.33. The lowest BCUT2D eigenvalue weighted by molar-refractivity contribution is -0.138. The summed E-state index contributed by atoms with van der Waals surface area (Å²) < 4.78 is 5.21. The second-order valence-corrected chi connectivity index (χ2v) is 3.59. The van der Waals surface area contributed by atoms with Gasteiger partial charge in [0.15, 0.2) is 0 Å².